The van der Waals surface area contributed by atoms with E-state index in [2.05, 4.69) is 45.9 Å². The highest BCUT2D eigenvalue weighted by Crippen LogP contribution is 2.30. The summed E-state index contributed by atoms with van der Waals surface area (Å²) in [6.07, 6.45) is 5.15. The summed E-state index contributed by atoms with van der Waals surface area (Å²) in [6, 6.07) is 10.3. The van der Waals surface area contributed by atoms with Gasteiger partial charge in [-0.3, -0.25) is 0 Å². The first-order valence-electron chi connectivity index (χ1n) is 7.38. The van der Waals surface area contributed by atoms with Gasteiger partial charge in [0.05, 0.1) is 6.10 Å². The molecule has 1 N–H and O–H groups in total. The Kier molecular flexibility index (Phi) is 7.39. The lowest BCUT2D eigenvalue weighted by Gasteiger charge is -2.27. The molecular weight excluding hydrogens is 264 g/mol. The van der Waals surface area contributed by atoms with Crippen LogP contribution < -0.4 is 0 Å². The quantitative estimate of drug-likeness (QED) is 0.518. The molecule has 0 radical (unpaired) electrons. The highest BCUT2D eigenvalue weighted by Gasteiger charge is 2.21. The first-order valence-corrected chi connectivity index (χ1v) is 8.37. The van der Waals surface area contributed by atoms with Crippen LogP contribution in [0.3, 0.4) is 0 Å². The molecule has 0 saturated carbocycles. The summed E-state index contributed by atoms with van der Waals surface area (Å²) in [5, 5.41) is 10.2. The number of aliphatic hydroxyl groups excluding tert-OH is 1. The molecule has 0 bridgehead atoms. The van der Waals surface area contributed by atoms with Crippen LogP contribution in [0.15, 0.2) is 46.9 Å². The minimum absolute atomic E-state index is 0.197. The fraction of sp³-hybridized carbons (Fsp3) is 0.556. The number of thioether (sulfide) groups is 1. The van der Waals surface area contributed by atoms with Crippen molar-refractivity contribution >= 4 is 11.8 Å². The number of rotatable bonds is 8. The van der Waals surface area contributed by atoms with Gasteiger partial charge in [0.25, 0.3) is 0 Å². The number of benzene rings is 1. The molecule has 0 aliphatic rings. The molecule has 0 fully saturated rings. The van der Waals surface area contributed by atoms with Crippen LogP contribution >= 0.6 is 11.8 Å². The second kappa shape index (κ2) is 8.53. The Hall–Kier alpha value is -0.730. The van der Waals surface area contributed by atoms with Gasteiger partial charge in [0, 0.05) is 10.6 Å². The maximum atomic E-state index is 10.2. The SMILES string of the molecule is CC(C)=CCCC(C)(C)CC(O)CSc1ccccc1. The van der Waals surface area contributed by atoms with Crippen molar-refractivity contribution < 1.29 is 5.11 Å². The second-order valence-corrected chi connectivity index (χ2v) is 7.56. The van der Waals surface area contributed by atoms with Gasteiger partial charge in [-0.2, -0.15) is 0 Å². The van der Waals surface area contributed by atoms with Crippen molar-refractivity contribution in [1.29, 1.82) is 0 Å². The molecule has 1 rings (SSSR count). The van der Waals surface area contributed by atoms with Crippen LogP contribution in [0.5, 0.6) is 0 Å². The summed E-state index contributed by atoms with van der Waals surface area (Å²) in [7, 11) is 0. The topological polar surface area (TPSA) is 20.2 Å². The molecule has 112 valence electrons. The Morgan fingerprint density at radius 3 is 2.50 bits per heavy atom. The Labute approximate surface area is 128 Å². The van der Waals surface area contributed by atoms with E-state index in [4.69, 9.17) is 0 Å². The standard InChI is InChI=1S/C18H28OS/c1-15(2)9-8-12-18(3,4)13-16(19)14-20-17-10-6-5-7-11-17/h5-7,9-11,16,19H,8,12-14H2,1-4H3. The van der Waals surface area contributed by atoms with E-state index in [9.17, 15) is 5.11 Å². The zero-order chi connectivity index (χ0) is 15.0. The molecule has 1 aromatic carbocycles. The van der Waals surface area contributed by atoms with Gasteiger partial charge in [-0.15, -0.1) is 11.8 Å². The summed E-state index contributed by atoms with van der Waals surface area (Å²) in [4.78, 5) is 1.23. The zero-order valence-electron chi connectivity index (χ0n) is 13.2. The highest BCUT2D eigenvalue weighted by molar-refractivity contribution is 7.99. The third kappa shape index (κ3) is 7.76. The number of hydrogen-bond donors (Lipinski definition) is 1. The summed E-state index contributed by atoms with van der Waals surface area (Å²) < 4.78 is 0. The smallest absolute Gasteiger partial charge is 0.0639 e. The Bertz CT molecular complexity index is 405. The van der Waals surface area contributed by atoms with E-state index in [0.29, 0.717) is 0 Å². The van der Waals surface area contributed by atoms with Gasteiger partial charge < -0.3 is 5.11 Å². The summed E-state index contributed by atoms with van der Waals surface area (Å²) in [5.41, 5.74) is 1.57. The molecule has 0 aliphatic heterocycles. The van der Waals surface area contributed by atoms with Crippen molar-refractivity contribution in [2.45, 2.75) is 58.0 Å². The lowest BCUT2D eigenvalue weighted by atomic mass is 9.82. The van der Waals surface area contributed by atoms with Gasteiger partial charge in [0.2, 0.25) is 0 Å². The fourth-order valence-electron chi connectivity index (χ4n) is 2.26. The van der Waals surface area contributed by atoms with Gasteiger partial charge >= 0.3 is 0 Å². The minimum Gasteiger partial charge on any atom is -0.392 e. The molecule has 1 atom stereocenters. The van der Waals surface area contributed by atoms with Crippen molar-refractivity contribution in [3.05, 3.63) is 42.0 Å². The molecule has 1 nitrogen and oxygen atoms in total. The van der Waals surface area contributed by atoms with Crippen molar-refractivity contribution in [2.24, 2.45) is 5.41 Å². The fourth-order valence-corrected chi connectivity index (χ4v) is 3.11. The van der Waals surface area contributed by atoms with E-state index in [-0.39, 0.29) is 11.5 Å². The largest absolute Gasteiger partial charge is 0.392 e. The molecule has 2 heteroatoms. The van der Waals surface area contributed by atoms with E-state index in [1.807, 2.05) is 18.2 Å². The Morgan fingerprint density at radius 1 is 1.25 bits per heavy atom. The maximum absolute atomic E-state index is 10.2. The molecule has 1 aromatic rings. The normalized spacial score (nSPS) is 13.1. The predicted molar refractivity (Wildman–Crippen MR) is 90.2 cm³/mol. The molecule has 0 aliphatic carbocycles. The zero-order valence-corrected chi connectivity index (χ0v) is 14.0. The summed E-state index contributed by atoms with van der Waals surface area (Å²) >= 11 is 1.74. The number of allylic oxidation sites excluding steroid dienone is 2. The van der Waals surface area contributed by atoms with Crippen LogP contribution in [-0.2, 0) is 0 Å². The van der Waals surface area contributed by atoms with E-state index in [1.165, 1.54) is 10.5 Å². The third-order valence-electron chi connectivity index (χ3n) is 3.35. The molecule has 0 saturated heterocycles. The summed E-state index contributed by atoms with van der Waals surface area (Å²) in [5.74, 6) is 0.774. The molecule has 0 spiro atoms. The molecular formula is C18H28OS. The third-order valence-corrected chi connectivity index (χ3v) is 4.50. The second-order valence-electron chi connectivity index (χ2n) is 6.47. The lowest BCUT2D eigenvalue weighted by Crippen LogP contribution is -2.22. The number of hydrogen-bond acceptors (Lipinski definition) is 2. The average Bonchev–Trinajstić information content (AvgIpc) is 2.36. The van der Waals surface area contributed by atoms with Crippen molar-refractivity contribution in [2.75, 3.05) is 5.75 Å². The monoisotopic (exact) mass is 292 g/mol. The van der Waals surface area contributed by atoms with Crippen LogP contribution in [0.25, 0.3) is 0 Å². The molecule has 1 unspecified atom stereocenters. The van der Waals surface area contributed by atoms with Crippen LogP contribution in [-0.4, -0.2) is 17.0 Å². The van der Waals surface area contributed by atoms with Crippen LogP contribution in [0.4, 0.5) is 0 Å². The minimum atomic E-state index is -0.234. The maximum Gasteiger partial charge on any atom is 0.0639 e. The van der Waals surface area contributed by atoms with Crippen LogP contribution in [0.1, 0.15) is 47.0 Å². The van der Waals surface area contributed by atoms with E-state index < -0.39 is 0 Å². The van der Waals surface area contributed by atoms with Crippen molar-refractivity contribution in [3.8, 4) is 0 Å². The molecule has 0 amide bonds. The molecule has 0 aromatic heterocycles. The van der Waals surface area contributed by atoms with Gasteiger partial charge in [-0.25, -0.2) is 0 Å². The molecule has 0 heterocycles. The van der Waals surface area contributed by atoms with E-state index in [1.54, 1.807) is 11.8 Å². The first-order chi connectivity index (χ1) is 9.39. The summed E-state index contributed by atoms with van der Waals surface area (Å²) in [6.45, 7) is 8.78. The highest BCUT2D eigenvalue weighted by atomic mass is 32.2. The van der Waals surface area contributed by atoms with Gasteiger partial charge in [0.1, 0.15) is 0 Å². The predicted octanol–water partition coefficient (Wildman–Crippen LogP) is 5.30. The Balaban J connectivity index is 2.33. The molecule has 20 heavy (non-hydrogen) atoms. The van der Waals surface area contributed by atoms with E-state index in [0.717, 1.165) is 25.0 Å². The lowest BCUT2D eigenvalue weighted by molar-refractivity contribution is 0.129. The van der Waals surface area contributed by atoms with Crippen molar-refractivity contribution in [1.82, 2.24) is 0 Å². The first kappa shape index (κ1) is 17.3. The van der Waals surface area contributed by atoms with Gasteiger partial charge in [-0.05, 0) is 50.7 Å². The Morgan fingerprint density at radius 2 is 1.90 bits per heavy atom. The van der Waals surface area contributed by atoms with Crippen LogP contribution in [0, 0.1) is 5.41 Å². The van der Waals surface area contributed by atoms with E-state index >= 15 is 0 Å². The number of aliphatic hydroxyl groups is 1. The van der Waals surface area contributed by atoms with Crippen molar-refractivity contribution in [3.63, 3.8) is 0 Å². The van der Waals surface area contributed by atoms with Crippen LogP contribution in [0.2, 0.25) is 0 Å². The van der Waals surface area contributed by atoms with Gasteiger partial charge in [-0.1, -0.05) is 43.7 Å². The average molecular weight is 292 g/mol. The van der Waals surface area contributed by atoms with Gasteiger partial charge in [0.15, 0.2) is 0 Å².